The van der Waals surface area contributed by atoms with E-state index in [1.165, 1.54) is 18.2 Å². The second-order valence-corrected chi connectivity index (χ2v) is 7.45. The van der Waals surface area contributed by atoms with Gasteiger partial charge in [0.15, 0.2) is 6.29 Å². The van der Waals surface area contributed by atoms with Gasteiger partial charge in [0, 0.05) is 6.61 Å². The van der Waals surface area contributed by atoms with Gasteiger partial charge in [-0.1, -0.05) is 52.0 Å². The monoisotopic (exact) mass is 430 g/mol. The first-order valence-corrected chi connectivity index (χ1v) is 11.1. The summed E-state index contributed by atoms with van der Waals surface area (Å²) in [5, 5.41) is 0. The number of carbonyl (C=O) groups is 1. The smallest absolute Gasteiger partial charge is 0.465 e. The maximum absolute atomic E-state index is 10.8. The van der Waals surface area contributed by atoms with Crippen LogP contribution in [0, 0.1) is 0 Å². The molecule has 0 amide bonds. The van der Waals surface area contributed by atoms with Crippen molar-refractivity contribution in [2.45, 2.75) is 72.5 Å². The lowest BCUT2D eigenvalue weighted by Crippen LogP contribution is -2.15. The predicted octanol–water partition coefficient (Wildman–Crippen LogP) is 7.31. The standard InChI is InChI=1S/C14H22O2.C12H16O3/c1-5-11(3)13-7-9-14(10-8-13)16-12(4)15-6-2;1-4-9(2)10-5-7-11(8-6-10)15-12(13)14-3/h7-12H,5-6H2,1-4H3;5-9H,4H2,1-3H3. The van der Waals surface area contributed by atoms with Gasteiger partial charge >= 0.3 is 6.16 Å². The highest BCUT2D eigenvalue weighted by molar-refractivity contribution is 5.63. The van der Waals surface area contributed by atoms with Crippen LogP contribution >= 0.6 is 0 Å². The summed E-state index contributed by atoms with van der Waals surface area (Å²) in [7, 11) is 1.29. The third-order valence-electron chi connectivity index (χ3n) is 5.19. The van der Waals surface area contributed by atoms with E-state index in [-0.39, 0.29) is 6.29 Å². The third-order valence-corrected chi connectivity index (χ3v) is 5.19. The summed E-state index contributed by atoms with van der Waals surface area (Å²) in [6.07, 6.45) is 1.39. The van der Waals surface area contributed by atoms with Crippen LogP contribution in [0.3, 0.4) is 0 Å². The van der Waals surface area contributed by atoms with E-state index in [0.717, 1.165) is 18.6 Å². The number of ether oxygens (including phenoxy) is 4. The number of benzene rings is 2. The van der Waals surface area contributed by atoms with Gasteiger partial charge in [0.25, 0.3) is 0 Å². The molecule has 0 radical (unpaired) electrons. The van der Waals surface area contributed by atoms with E-state index in [9.17, 15) is 4.79 Å². The van der Waals surface area contributed by atoms with Gasteiger partial charge in [-0.3, -0.25) is 0 Å². The van der Waals surface area contributed by atoms with Gasteiger partial charge in [0.2, 0.25) is 0 Å². The van der Waals surface area contributed by atoms with E-state index in [4.69, 9.17) is 14.2 Å². The van der Waals surface area contributed by atoms with Crippen LogP contribution in [0.15, 0.2) is 48.5 Å². The molecule has 0 saturated carbocycles. The van der Waals surface area contributed by atoms with Crippen LogP contribution in [-0.4, -0.2) is 26.2 Å². The van der Waals surface area contributed by atoms with Crippen molar-refractivity contribution in [2.24, 2.45) is 0 Å². The molecule has 31 heavy (non-hydrogen) atoms. The van der Waals surface area contributed by atoms with Gasteiger partial charge in [-0.25, -0.2) is 4.79 Å². The zero-order chi connectivity index (χ0) is 23.2. The van der Waals surface area contributed by atoms with Crippen molar-refractivity contribution < 1.29 is 23.7 Å². The molecule has 0 heterocycles. The van der Waals surface area contributed by atoms with Crippen molar-refractivity contribution in [1.82, 2.24) is 0 Å². The molecular formula is C26H38O5. The van der Waals surface area contributed by atoms with Gasteiger partial charge in [-0.2, -0.15) is 0 Å². The summed E-state index contributed by atoms with van der Waals surface area (Å²) >= 11 is 0. The maximum atomic E-state index is 10.8. The fraction of sp³-hybridized carbons (Fsp3) is 0.500. The Hall–Kier alpha value is -2.53. The molecule has 0 bridgehead atoms. The van der Waals surface area contributed by atoms with E-state index < -0.39 is 6.16 Å². The summed E-state index contributed by atoms with van der Waals surface area (Å²) < 4.78 is 20.2. The Balaban J connectivity index is 0.000000311. The van der Waals surface area contributed by atoms with E-state index in [0.29, 0.717) is 24.2 Å². The maximum Gasteiger partial charge on any atom is 0.513 e. The summed E-state index contributed by atoms with van der Waals surface area (Å²) in [5.74, 6) is 2.51. The second-order valence-electron chi connectivity index (χ2n) is 7.45. The number of carbonyl (C=O) groups excluding carboxylic acids is 1. The van der Waals surface area contributed by atoms with Gasteiger partial charge in [-0.05, 0) is 73.9 Å². The number of hydrogen-bond donors (Lipinski definition) is 0. The highest BCUT2D eigenvalue weighted by atomic mass is 16.7. The molecule has 2 aromatic carbocycles. The Morgan fingerprint density at radius 3 is 1.61 bits per heavy atom. The first kappa shape index (κ1) is 26.5. The van der Waals surface area contributed by atoms with Crippen molar-refractivity contribution in [3.63, 3.8) is 0 Å². The molecule has 0 aliphatic rings. The third kappa shape index (κ3) is 9.88. The first-order valence-electron chi connectivity index (χ1n) is 11.1. The van der Waals surface area contributed by atoms with E-state index in [1.807, 2.05) is 38.1 Å². The van der Waals surface area contributed by atoms with Crippen LogP contribution in [0.25, 0.3) is 0 Å². The number of methoxy groups -OCH3 is 1. The normalized spacial score (nSPS) is 13.3. The van der Waals surface area contributed by atoms with Crippen LogP contribution in [0.1, 0.15) is 77.3 Å². The molecule has 0 spiro atoms. The largest absolute Gasteiger partial charge is 0.513 e. The summed E-state index contributed by atoms with van der Waals surface area (Å²) in [5.41, 5.74) is 2.61. The van der Waals surface area contributed by atoms with Crippen molar-refractivity contribution in [1.29, 1.82) is 0 Å². The van der Waals surface area contributed by atoms with Gasteiger partial charge < -0.3 is 18.9 Å². The molecule has 5 nitrogen and oxygen atoms in total. The molecule has 0 aliphatic heterocycles. The predicted molar refractivity (Wildman–Crippen MR) is 125 cm³/mol. The van der Waals surface area contributed by atoms with Crippen LogP contribution in [0.5, 0.6) is 11.5 Å². The fourth-order valence-corrected chi connectivity index (χ4v) is 2.81. The van der Waals surface area contributed by atoms with Crippen molar-refractivity contribution in [2.75, 3.05) is 13.7 Å². The zero-order valence-electron chi connectivity index (χ0n) is 20.0. The molecule has 172 valence electrons. The van der Waals surface area contributed by atoms with Gasteiger partial charge in [0.05, 0.1) is 7.11 Å². The highest BCUT2D eigenvalue weighted by Crippen LogP contribution is 2.22. The molecular weight excluding hydrogens is 392 g/mol. The van der Waals surface area contributed by atoms with E-state index in [1.54, 1.807) is 12.1 Å². The molecule has 0 saturated heterocycles. The van der Waals surface area contributed by atoms with Crippen LogP contribution < -0.4 is 9.47 Å². The Morgan fingerprint density at radius 1 is 0.774 bits per heavy atom. The van der Waals surface area contributed by atoms with Crippen LogP contribution in [0.4, 0.5) is 4.79 Å². The topological polar surface area (TPSA) is 54.0 Å². The molecule has 3 atom stereocenters. The molecule has 0 aromatic heterocycles. The lowest BCUT2D eigenvalue weighted by Gasteiger charge is -2.15. The average molecular weight is 431 g/mol. The quantitative estimate of drug-likeness (QED) is 0.237. The van der Waals surface area contributed by atoms with Crippen molar-refractivity contribution in [3.05, 3.63) is 59.7 Å². The average Bonchev–Trinajstić information content (AvgIpc) is 2.79. The highest BCUT2D eigenvalue weighted by Gasteiger charge is 2.06. The molecule has 2 aromatic rings. The van der Waals surface area contributed by atoms with Gasteiger partial charge in [0.1, 0.15) is 11.5 Å². The number of hydrogen-bond acceptors (Lipinski definition) is 5. The minimum absolute atomic E-state index is 0.181. The lowest BCUT2D eigenvalue weighted by molar-refractivity contribution is -0.0613. The first-order chi connectivity index (χ1) is 14.8. The Kier molecular flexibility index (Phi) is 12.4. The molecule has 3 unspecified atom stereocenters. The van der Waals surface area contributed by atoms with Crippen molar-refractivity contribution in [3.8, 4) is 11.5 Å². The Bertz CT molecular complexity index is 739. The fourth-order valence-electron chi connectivity index (χ4n) is 2.81. The van der Waals surface area contributed by atoms with Crippen molar-refractivity contribution >= 4 is 6.16 Å². The summed E-state index contributed by atoms with van der Waals surface area (Å²) in [6, 6.07) is 15.8. The Labute approximate surface area is 187 Å². The minimum Gasteiger partial charge on any atom is -0.465 e. The molecule has 2 rings (SSSR count). The zero-order valence-corrected chi connectivity index (χ0v) is 20.0. The second kappa shape index (κ2) is 14.5. The van der Waals surface area contributed by atoms with Gasteiger partial charge in [-0.15, -0.1) is 0 Å². The van der Waals surface area contributed by atoms with Crippen LogP contribution in [-0.2, 0) is 9.47 Å². The van der Waals surface area contributed by atoms with E-state index in [2.05, 4.69) is 44.6 Å². The lowest BCUT2D eigenvalue weighted by atomic mass is 9.99. The Morgan fingerprint density at radius 2 is 1.23 bits per heavy atom. The van der Waals surface area contributed by atoms with E-state index >= 15 is 0 Å². The summed E-state index contributed by atoms with van der Waals surface area (Å²) in [4.78, 5) is 10.8. The summed E-state index contributed by atoms with van der Waals surface area (Å²) in [6.45, 7) is 13.3. The van der Waals surface area contributed by atoms with Crippen LogP contribution in [0.2, 0.25) is 0 Å². The molecule has 5 heteroatoms. The number of rotatable bonds is 9. The SMILES string of the molecule is CCC(C)c1ccc(OC(=O)OC)cc1.CCOC(C)Oc1ccc(C(C)CC)cc1. The minimum atomic E-state index is -0.689. The molecule has 0 N–H and O–H groups in total. The molecule has 0 aliphatic carbocycles. The molecule has 0 fully saturated rings.